The van der Waals surface area contributed by atoms with Gasteiger partial charge in [0.1, 0.15) is 22.8 Å². The number of thiazole rings is 1. The first-order chi connectivity index (χ1) is 16.5. The topological polar surface area (TPSA) is 54.9 Å². The van der Waals surface area contributed by atoms with Gasteiger partial charge in [0, 0.05) is 12.1 Å². The van der Waals surface area contributed by atoms with Crippen molar-refractivity contribution < 1.29 is 14.3 Å². The Labute approximate surface area is 208 Å². The second-order valence-corrected chi connectivity index (χ2v) is 9.36. The summed E-state index contributed by atoms with van der Waals surface area (Å²) in [5.74, 6) is 1.91. The van der Waals surface area contributed by atoms with Crippen LogP contribution in [0.2, 0.25) is 5.02 Å². The third-order valence-electron chi connectivity index (χ3n) is 5.21. The number of hydrogen-bond acceptors (Lipinski definition) is 6. The van der Waals surface area contributed by atoms with Crippen LogP contribution in [0.4, 0.5) is 5.13 Å². The summed E-state index contributed by atoms with van der Waals surface area (Å²) in [6.07, 6.45) is 0.800. The Hall–Kier alpha value is -3.13. The number of nitrogens with zero attached hydrogens (tertiary/aromatic N) is 3. The lowest BCUT2D eigenvalue weighted by atomic mass is 10.2. The van der Waals surface area contributed by atoms with E-state index in [1.54, 1.807) is 48.4 Å². The third kappa shape index (κ3) is 5.50. The Morgan fingerprint density at radius 2 is 1.68 bits per heavy atom. The minimum atomic E-state index is -0.126. The summed E-state index contributed by atoms with van der Waals surface area (Å²) in [5, 5.41) is 1.18. The average molecular weight is 496 g/mol. The van der Waals surface area contributed by atoms with Crippen LogP contribution in [0.1, 0.15) is 16.8 Å². The molecule has 0 N–H and O–H groups in total. The number of carbonyl (C=O) groups is 1. The number of fused-ring (bicyclic) bond motifs is 1. The van der Waals surface area contributed by atoms with Crippen LogP contribution in [0.3, 0.4) is 0 Å². The molecule has 4 rings (SSSR count). The number of hydrogen-bond donors (Lipinski definition) is 0. The maximum atomic E-state index is 13.6. The largest absolute Gasteiger partial charge is 0.494 e. The number of aromatic nitrogens is 1. The van der Waals surface area contributed by atoms with Crippen LogP contribution in [-0.4, -0.2) is 50.1 Å². The molecule has 1 heterocycles. The minimum absolute atomic E-state index is 0.126. The number of rotatable bonds is 9. The first kappa shape index (κ1) is 24.0. The van der Waals surface area contributed by atoms with Crippen molar-refractivity contribution in [2.24, 2.45) is 0 Å². The van der Waals surface area contributed by atoms with Gasteiger partial charge in [-0.2, -0.15) is 0 Å². The highest BCUT2D eigenvalue weighted by Crippen LogP contribution is 2.39. The number of amides is 1. The van der Waals surface area contributed by atoms with E-state index in [-0.39, 0.29) is 5.91 Å². The third-order valence-corrected chi connectivity index (χ3v) is 6.75. The van der Waals surface area contributed by atoms with Gasteiger partial charge in [0.05, 0.1) is 16.8 Å². The number of benzene rings is 3. The number of anilines is 1. The fourth-order valence-corrected chi connectivity index (χ4v) is 4.78. The van der Waals surface area contributed by atoms with Crippen LogP contribution in [0.5, 0.6) is 17.2 Å². The van der Waals surface area contributed by atoms with Gasteiger partial charge in [0.25, 0.3) is 5.91 Å². The molecule has 8 heteroatoms. The second kappa shape index (κ2) is 10.9. The van der Waals surface area contributed by atoms with Gasteiger partial charge < -0.3 is 14.4 Å². The van der Waals surface area contributed by atoms with Crippen molar-refractivity contribution in [1.82, 2.24) is 9.88 Å². The van der Waals surface area contributed by atoms with Crippen molar-refractivity contribution in [2.45, 2.75) is 6.42 Å². The van der Waals surface area contributed by atoms with Gasteiger partial charge in [0.15, 0.2) is 5.13 Å². The fraction of sp³-hybridized carbons (Fsp3) is 0.231. The fourth-order valence-electron chi connectivity index (χ4n) is 3.50. The van der Waals surface area contributed by atoms with E-state index in [4.69, 9.17) is 26.1 Å². The Morgan fingerprint density at radius 3 is 2.35 bits per heavy atom. The van der Waals surface area contributed by atoms with E-state index in [0.29, 0.717) is 39.3 Å². The molecule has 4 aromatic rings. The smallest absolute Gasteiger partial charge is 0.260 e. The number of para-hydroxylation sites is 1. The molecule has 176 valence electrons. The van der Waals surface area contributed by atoms with Gasteiger partial charge in [-0.15, -0.1) is 0 Å². The highest BCUT2D eigenvalue weighted by molar-refractivity contribution is 7.23. The Bertz CT molecular complexity index is 1260. The lowest BCUT2D eigenvalue weighted by Crippen LogP contribution is -2.33. The zero-order chi connectivity index (χ0) is 24.1. The van der Waals surface area contributed by atoms with E-state index >= 15 is 0 Å². The Morgan fingerprint density at radius 1 is 0.971 bits per heavy atom. The molecule has 0 unspecified atom stereocenters. The van der Waals surface area contributed by atoms with Crippen LogP contribution >= 0.6 is 22.9 Å². The van der Waals surface area contributed by atoms with Crippen LogP contribution in [-0.2, 0) is 0 Å². The maximum absolute atomic E-state index is 13.6. The van der Waals surface area contributed by atoms with E-state index in [1.807, 2.05) is 44.4 Å². The molecule has 1 aromatic heterocycles. The van der Waals surface area contributed by atoms with Gasteiger partial charge >= 0.3 is 0 Å². The molecule has 34 heavy (non-hydrogen) atoms. The second-order valence-electron chi connectivity index (χ2n) is 7.98. The van der Waals surface area contributed by atoms with Crippen molar-refractivity contribution in [3.63, 3.8) is 0 Å². The molecule has 0 saturated heterocycles. The number of methoxy groups -OCH3 is 1. The van der Waals surface area contributed by atoms with Crippen LogP contribution in [0.15, 0.2) is 66.7 Å². The zero-order valence-electron chi connectivity index (χ0n) is 19.3. The minimum Gasteiger partial charge on any atom is -0.494 e. The monoisotopic (exact) mass is 495 g/mol. The maximum Gasteiger partial charge on any atom is 0.260 e. The molecular weight excluding hydrogens is 470 g/mol. The van der Waals surface area contributed by atoms with Gasteiger partial charge in [-0.25, -0.2) is 4.98 Å². The summed E-state index contributed by atoms with van der Waals surface area (Å²) in [6.45, 7) is 1.38. The molecule has 0 radical (unpaired) electrons. The first-order valence-electron chi connectivity index (χ1n) is 10.9. The van der Waals surface area contributed by atoms with Gasteiger partial charge in [-0.1, -0.05) is 41.1 Å². The molecule has 0 aliphatic carbocycles. The predicted octanol–water partition coefficient (Wildman–Crippen LogP) is 6.35. The molecular formula is C26H26ClN3O3S. The number of ether oxygens (including phenoxy) is 2. The molecule has 6 nitrogen and oxygen atoms in total. The van der Waals surface area contributed by atoms with Crippen molar-refractivity contribution in [2.75, 3.05) is 39.2 Å². The van der Waals surface area contributed by atoms with E-state index < -0.39 is 0 Å². The van der Waals surface area contributed by atoms with Crippen molar-refractivity contribution >= 4 is 44.2 Å². The summed E-state index contributed by atoms with van der Waals surface area (Å²) in [5.41, 5.74) is 1.22. The van der Waals surface area contributed by atoms with E-state index in [1.165, 1.54) is 11.3 Å². The van der Waals surface area contributed by atoms with E-state index in [0.717, 1.165) is 23.4 Å². The standard InChI is InChI=1S/C26H26ClN3O3S/c1-29(2)16-7-17-30(26-28-23-22(32-3)15-14-21(27)24(23)34-26)25(31)18-10-12-20(13-11-18)33-19-8-5-4-6-9-19/h4-6,8-15H,7,16-17H2,1-3H3. The van der Waals surface area contributed by atoms with E-state index in [9.17, 15) is 4.79 Å². The molecule has 0 aliphatic rings. The normalized spacial score (nSPS) is 11.1. The summed E-state index contributed by atoms with van der Waals surface area (Å²) in [7, 11) is 5.63. The molecule has 0 spiro atoms. The predicted molar refractivity (Wildman–Crippen MR) is 139 cm³/mol. The summed E-state index contributed by atoms with van der Waals surface area (Å²) in [4.78, 5) is 22.1. The SMILES string of the molecule is COc1ccc(Cl)c2sc(N(CCCN(C)C)C(=O)c3ccc(Oc4ccccc4)cc3)nc12. The lowest BCUT2D eigenvalue weighted by Gasteiger charge is -2.21. The zero-order valence-corrected chi connectivity index (χ0v) is 20.9. The van der Waals surface area contributed by atoms with Crippen molar-refractivity contribution in [3.8, 4) is 17.2 Å². The summed E-state index contributed by atoms with van der Waals surface area (Å²) >= 11 is 7.81. The first-order valence-corrected chi connectivity index (χ1v) is 12.1. The summed E-state index contributed by atoms with van der Waals surface area (Å²) < 4.78 is 12.1. The van der Waals surface area contributed by atoms with Crippen molar-refractivity contribution in [3.05, 3.63) is 77.3 Å². The number of halogens is 1. The lowest BCUT2D eigenvalue weighted by molar-refractivity contribution is 0.0986. The Balaban J connectivity index is 1.62. The van der Waals surface area contributed by atoms with Crippen LogP contribution < -0.4 is 14.4 Å². The van der Waals surface area contributed by atoms with E-state index in [2.05, 4.69) is 4.90 Å². The molecule has 0 atom stereocenters. The van der Waals surface area contributed by atoms with Crippen LogP contribution in [0, 0.1) is 0 Å². The Kier molecular flexibility index (Phi) is 7.67. The van der Waals surface area contributed by atoms with Crippen LogP contribution in [0.25, 0.3) is 10.2 Å². The summed E-state index contributed by atoms with van der Waals surface area (Å²) in [6, 6.07) is 20.3. The average Bonchev–Trinajstić information content (AvgIpc) is 3.29. The van der Waals surface area contributed by atoms with Gasteiger partial charge in [0.2, 0.25) is 0 Å². The number of carbonyl (C=O) groups excluding carboxylic acids is 1. The quantitative estimate of drug-likeness (QED) is 0.271. The highest BCUT2D eigenvalue weighted by atomic mass is 35.5. The molecule has 0 saturated carbocycles. The molecule has 1 amide bonds. The molecule has 0 fully saturated rings. The van der Waals surface area contributed by atoms with Crippen molar-refractivity contribution in [1.29, 1.82) is 0 Å². The van der Waals surface area contributed by atoms with Gasteiger partial charge in [-0.3, -0.25) is 9.69 Å². The van der Waals surface area contributed by atoms with Gasteiger partial charge in [-0.05, 0) is 75.6 Å². The molecule has 0 aliphatic heterocycles. The highest BCUT2D eigenvalue weighted by Gasteiger charge is 2.23. The molecule has 3 aromatic carbocycles. The molecule has 0 bridgehead atoms.